The Morgan fingerprint density at radius 2 is 2.06 bits per heavy atom. The van der Waals surface area contributed by atoms with Crippen molar-refractivity contribution in [1.82, 2.24) is 15.2 Å². The Labute approximate surface area is 99.1 Å². The van der Waals surface area contributed by atoms with Gasteiger partial charge >= 0.3 is 0 Å². The smallest absolute Gasteiger partial charge is 0.210 e. The molecule has 0 aliphatic heterocycles. The van der Waals surface area contributed by atoms with Crippen molar-refractivity contribution < 1.29 is 0 Å². The molecule has 0 amide bonds. The van der Waals surface area contributed by atoms with E-state index in [0.29, 0.717) is 0 Å². The number of nitrogens with zero attached hydrogens (tertiary/aromatic N) is 3. The van der Waals surface area contributed by atoms with Gasteiger partial charge in [0.05, 0.1) is 5.88 Å². The van der Waals surface area contributed by atoms with Crippen LogP contribution >= 0.6 is 11.8 Å². The maximum absolute atomic E-state index is 4.25. The molecule has 0 spiro atoms. The monoisotopic (exact) mass is 234 g/mol. The molecule has 16 heavy (non-hydrogen) atoms. The number of thioether (sulfide) groups is 1. The molecule has 1 heterocycles. The zero-order chi connectivity index (χ0) is 11.4. The molecule has 0 saturated carbocycles. The molecule has 0 unspecified atom stereocenters. The number of hydrogen-bond donors (Lipinski definition) is 1. The van der Waals surface area contributed by atoms with E-state index < -0.39 is 0 Å². The molecule has 0 aliphatic carbocycles. The summed E-state index contributed by atoms with van der Waals surface area (Å²) in [6, 6.07) is 10.3. The third-order valence-electron chi connectivity index (χ3n) is 2.16. The molecule has 0 atom stereocenters. The first kappa shape index (κ1) is 11.0. The van der Waals surface area contributed by atoms with Crippen LogP contribution in [0.5, 0.6) is 0 Å². The van der Waals surface area contributed by atoms with Crippen LogP contribution in [0.4, 0.5) is 5.69 Å². The van der Waals surface area contributed by atoms with Gasteiger partial charge in [0.15, 0.2) is 0 Å². The first-order valence-corrected chi connectivity index (χ1v) is 6.02. The second-order valence-electron chi connectivity index (χ2n) is 3.51. The van der Waals surface area contributed by atoms with Crippen molar-refractivity contribution in [3.05, 3.63) is 36.2 Å². The number of para-hydroxylation sites is 1. The van der Waals surface area contributed by atoms with E-state index in [2.05, 4.69) is 39.3 Å². The Kier molecular flexibility index (Phi) is 3.46. The highest BCUT2D eigenvalue weighted by Crippen LogP contribution is 2.18. The lowest BCUT2D eigenvalue weighted by atomic mass is 10.3. The third kappa shape index (κ3) is 2.76. The summed E-state index contributed by atoms with van der Waals surface area (Å²) in [5.74, 6) is 1.69. The van der Waals surface area contributed by atoms with Gasteiger partial charge in [-0.2, -0.15) is 0 Å². The SMILES string of the molecule is Cc1nc(SCN(C)c2ccccc2)n[nH]1. The third-order valence-corrected chi connectivity index (χ3v) is 3.12. The first-order chi connectivity index (χ1) is 7.75. The average molecular weight is 234 g/mol. The molecule has 0 bridgehead atoms. The summed E-state index contributed by atoms with van der Waals surface area (Å²) in [6.45, 7) is 1.90. The number of H-pyrrole nitrogens is 1. The molecule has 2 aromatic rings. The van der Waals surface area contributed by atoms with Crippen molar-refractivity contribution in [3.63, 3.8) is 0 Å². The highest BCUT2D eigenvalue weighted by Gasteiger charge is 2.04. The lowest BCUT2D eigenvalue weighted by Gasteiger charge is -2.17. The van der Waals surface area contributed by atoms with E-state index >= 15 is 0 Å². The average Bonchev–Trinajstić information content (AvgIpc) is 2.73. The van der Waals surface area contributed by atoms with E-state index in [0.717, 1.165) is 16.9 Å². The molecule has 2 rings (SSSR count). The van der Waals surface area contributed by atoms with Gasteiger partial charge in [0.25, 0.3) is 0 Å². The quantitative estimate of drug-likeness (QED) is 0.651. The molecule has 0 saturated heterocycles. The second-order valence-corrected chi connectivity index (χ2v) is 4.42. The van der Waals surface area contributed by atoms with Crippen LogP contribution in [0.1, 0.15) is 5.82 Å². The second kappa shape index (κ2) is 5.03. The predicted octanol–water partition coefficient (Wildman–Crippen LogP) is 2.30. The highest BCUT2D eigenvalue weighted by molar-refractivity contribution is 7.99. The standard InChI is InChI=1S/C11H14N4S/c1-9-12-11(14-13-9)16-8-15(2)10-6-4-3-5-7-10/h3-7H,8H2,1-2H3,(H,12,13,14). The molecule has 1 aromatic carbocycles. The highest BCUT2D eigenvalue weighted by atomic mass is 32.2. The Morgan fingerprint density at radius 1 is 1.31 bits per heavy atom. The number of benzene rings is 1. The van der Waals surface area contributed by atoms with Gasteiger partial charge in [0.2, 0.25) is 5.16 Å². The normalized spacial score (nSPS) is 10.4. The van der Waals surface area contributed by atoms with Gasteiger partial charge in [-0.25, -0.2) is 4.98 Å². The summed E-state index contributed by atoms with van der Waals surface area (Å²) < 4.78 is 0. The fourth-order valence-corrected chi connectivity index (χ4v) is 2.07. The summed E-state index contributed by atoms with van der Waals surface area (Å²) in [4.78, 5) is 6.41. The molecular weight excluding hydrogens is 220 g/mol. The van der Waals surface area contributed by atoms with E-state index in [9.17, 15) is 0 Å². The minimum atomic E-state index is 0.792. The molecular formula is C11H14N4S. The zero-order valence-electron chi connectivity index (χ0n) is 9.34. The molecule has 0 radical (unpaired) electrons. The van der Waals surface area contributed by atoms with E-state index in [4.69, 9.17) is 0 Å². The van der Waals surface area contributed by atoms with Crippen LogP contribution in [0.2, 0.25) is 0 Å². The molecule has 1 aromatic heterocycles. The topological polar surface area (TPSA) is 44.8 Å². The van der Waals surface area contributed by atoms with Crippen molar-refractivity contribution >= 4 is 17.4 Å². The van der Waals surface area contributed by atoms with E-state index in [1.54, 1.807) is 11.8 Å². The van der Waals surface area contributed by atoms with Crippen LogP contribution in [0.15, 0.2) is 35.5 Å². The number of hydrogen-bond acceptors (Lipinski definition) is 4. The molecule has 0 fully saturated rings. The molecule has 4 nitrogen and oxygen atoms in total. The Morgan fingerprint density at radius 3 is 2.69 bits per heavy atom. The molecule has 1 N–H and O–H groups in total. The van der Waals surface area contributed by atoms with Crippen LogP contribution in [-0.2, 0) is 0 Å². The van der Waals surface area contributed by atoms with Crippen LogP contribution < -0.4 is 4.90 Å². The maximum atomic E-state index is 4.25. The summed E-state index contributed by atoms with van der Waals surface area (Å²) in [5, 5.41) is 7.71. The zero-order valence-corrected chi connectivity index (χ0v) is 10.2. The van der Waals surface area contributed by atoms with Crippen LogP contribution in [0.3, 0.4) is 0 Å². The summed E-state index contributed by atoms with van der Waals surface area (Å²) >= 11 is 1.62. The van der Waals surface area contributed by atoms with E-state index in [1.807, 2.05) is 25.1 Å². The van der Waals surface area contributed by atoms with Gasteiger partial charge in [0, 0.05) is 12.7 Å². The van der Waals surface area contributed by atoms with Crippen molar-refractivity contribution in [3.8, 4) is 0 Å². The van der Waals surface area contributed by atoms with Gasteiger partial charge in [0.1, 0.15) is 5.82 Å². The van der Waals surface area contributed by atoms with Gasteiger partial charge in [-0.3, -0.25) is 5.10 Å². The lowest BCUT2D eigenvalue weighted by Crippen LogP contribution is -2.15. The Bertz CT molecular complexity index is 440. The van der Waals surface area contributed by atoms with Gasteiger partial charge < -0.3 is 4.90 Å². The van der Waals surface area contributed by atoms with Crippen LogP contribution in [0, 0.1) is 6.92 Å². The number of nitrogens with one attached hydrogen (secondary N) is 1. The predicted molar refractivity (Wildman–Crippen MR) is 66.7 cm³/mol. The van der Waals surface area contributed by atoms with Crippen molar-refractivity contribution in [2.45, 2.75) is 12.1 Å². The fourth-order valence-electron chi connectivity index (χ4n) is 1.30. The number of rotatable bonds is 4. The largest absolute Gasteiger partial charge is 0.365 e. The van der Waals surface area contributed by atoms with E-state index in [1.165, 1.54) is 5.69 Å². The molecule has 5 heteroatoms. The summed E-state index contributed by atoms with van der Waals surface area (Å²) in [6.07, 6.45) is 0. The number of aromatic amines is 1. The van der Waals surface area contributed by atoms with Crippen LogP contribution in [0.25, 0.3) is 0 Å². The summed E-state index contributed by atoms with van der Waals surface area (Å²) in [5.41, 5.74) is 1.20. The van der Waals surface area contributed by atoms with Crippen molar-refractivity contribution in [2.24, 2.45) is 0 Å². The van der Waals surface area contributed by atoms with Crippen molar-refractivity contribution in [1.29, 1.82) is 0 Å². The minimum absolute atomic E-state index is 0.792. The first-order valence-electron chi connectivity index (χ1n) is 5.03. The van der Waals surface area contributed by atoms with Gasteiger partial charge in [-0.1, -0.05) is 30.0 Å². The number of aromatic nitrogens is 3. The Balaban J connectivity index is 1.91. The molecule has 0 aliphatic rings. The Hall–Kier alpha value is -1.49. The summed E-state index contributed by atoms with van der Waals surface area (Å²) in [7, 11) is 2.06. The molecule has 84 valence electrons. The lowest BCUT2D eigenvalue weighted by molar-refractivity contribution is 0.965. The maximum Gasteiger partial charge on any atom is 0.210 e. The van der Waals surface area contributed by atoms with Crippen molar-refractivity contribution in [2.75, 3.05) is 17.8 Å². The fraction of sp³-hybridized carbons (Fsp3) is 0.273. The van der Waals surface area contributed by atoms with E-state index in [-0.39, 0.29) is 0 Å². The minimum Gasteiger partial charge on any atom is -0.365 e. The number of aryl methyl sites for hydroxylation is 1. The van der Waals surface area contributed by atoms with Gasteiger partial charge in [-0.15, -0.1) is 5.10 Å². The van der Waals surface area contributed by atoms with Crippen LogP contribution in [-0.4, -0.2) is 28.1 Å². The van der Waals surface area contributed by atoms with Gasteiger partial charge in [-0.05, 0) is 19.1 Å². The number of anilines is 1.